The van der Waals surface area contributed by atoms with E-state index in [1.54, 1.807) is 12.3 Å². The standard InChI is InChI=1S/C15H15N3OS/c1-2-10-16-15(20)18-17-11-13-8-9-14(19-13)12-6-4-3-5-7-12/h2-9,11H,1,10H2,(H2,16,18,20)/b17-11-. The Hall–Kier alpha value is -2.40. The molecule has 1 heterocycles. The molecular weight excluding hydrogens is 270 g/mol. The molecule has 0 radical (unpaired) electrons. The molecule has 0 saturated heterocycles. The Labute approximate surface area is 123 Å². The van der Waals surface area contributed by atoms with Gasteiger partial charge in [0.2, 0.25) is 0 Å². The summed E-state index contributed by atoms with van der Waals surface area (Å²) in [5, 5.41) is 7.34. The summed E-state index contributed by atoms with van der Waals surface area (Å²) in [5.74, 6) is 1.46. The second kappa shape index (κ2) is 7.25. The lowest BCUT2D eigenvalue weighted by molar-refractivity contribution is 0.574. The zero-order chi connectivity index (χ0) is 14.2. The van der Waals surface area contributed by atoms with Gasteiger partial charge in [-0.1, -0.05) is 36.4 Å². The van der Waals surface area contributed by atoms with Crippen molar-refractivity contribution in [1.29, 1.82) is 0 Å². The number of furan rings is 1. The lowest BCUT2D eigenvalue weighted by Gasteiger charge is -2.02. The first-order chi connectivity index (χ1) is 9.79. The van der Waals surface area contributed by atoms with E-state index < -0.39 is 0 Å². The van der Waals surface area contributed by atoms with Gasteiger partial charge in [0.25, 0.3) is 0 Å². The molecule has 4 nitrogen and oxygen atoms in total. The van der Waals surface area contributed by atoms with Gasteiger partial charge in [-0.05, 0) is 24.4 Å². The largest absolute Gasteiger partial charge is 0.455 e. The molecule has 0 aliphatic carbocycles. The van der Waals surface area contributed by atoms with Gasteiger partial charge in [0.15, 0.2) is 5.11 Å². The van der Waals surface area contributed by atoms with Crippen molar-refractivity contribution in [2.75, 3.05) is 6.54 Å². The van der Waals surface area contributed by atoms with Crippen LogP contribution < -0.4 is 10.7 Å². The highest BCUT2D eigenvalue weighted by Gasteiger charge is 2.02. The number of rotatable bonds is 5. The summed E-state index contributed by atoms with van der Waals surface area (Å²) < 4.78 is 5.66. The molecule has 0 aliphatic heterocycles. The zero-order valence-corrected chi connectivity index (χ0v) is 11.7. The van der Waals surface area contributed by atoms with Crippen LogP contribution >= 0.6 is 12.2 Å². The van der Waals surface area contributed by atoms with Gasteiger partial charge in [-0.25, -0.2) is 0 Å². The van der Waals surface area contributed by atoms with Gasteiger partial charge in [-0.2, -0.15) is 5.10 Å². The number of benzene rings is 1. The molecular formula is C15H15N3OS. The maximum absolute atomic E-state index is 5.66. The third-order valence-electron chi connectivity index (χ3n) is 2.45. The van der Waals surface area contributed by atoms with Crippen LogP contribution in [0.15, 0.2) is 64.6 Å². The van der Waals surface area contributed by atoms with Crippen LogP contribution in [0.25, 0.3) is 11.3 Å². The monoisotopic (exact) mass is 285 g/mol. The van der Waals surface area contributed by atoms with Crippen molar-refractivity contribution >= 4 is 23.5 Å². The summed E-state index contributed by atoms with van der Waals surface area (Å²) in [5.41, 5.74) is 3.73. The first-order valence-electron chi connectivity index (χ1n) is 6.12. The fourth-order valence-electron chi connectivity index (χ4n) is 1.54. The van der Waals surface area contributed by atoms with Crippen LogP contribution in [0.3, 0.4) is 0 Å². The molecule has 20 heavy (non-hydrogen) atoms. The van der Waals surface area contributed by atoms with Gasteiger partial charge in [-0.3, -0.25) is 5.43 Å². The molecule has 0 amide bonds. The molecule has 1 aromatic heterocycles. The minimum absolute atomic E-state index is 0.441. The van der Waals surface area contributed by atoms with Crippen LogP contribution in [0.1, 0.15) is 5.76 Å². The number of hydrogen-bond donors (Lipinski definition) is 2. The summed E-state index contributed by atoms with van der Waals surface area (Å²) in [6, 6.07) is 13.7. The Morgan fingerprint density at radius 1 is 1.25 bits per heavy atom. The Morgan fingerprint density at radius 3 is 2.80 bits per heavy atom. The van der Waals surface area contributed by atoms with E-state index in [1.165, 1.54) is 0 Å². The fraction of sp³-hybridized carbons (Fsp3) is 0.0667. The molecule has 0 aliphatic rings. The molecule has 0 unspecified atom stereocenters. The fourth-order valence-corrected chi connectivity index (χ4v) is 1.67. The van der Waals surface area contributed by atoms with Gasteiger partial charge < -0.3 is 9.73 Å². The van der Waals surface area contributed by atoms with Crippen LogP contribution in [-0.2, 0) is 0 Å². The minimum atomic E-state index is 0.441. The van der Waals surface area contributed by atoms with Crippen LogP contribution in [-0.4, -0.2) is 17.9 Å². The highest BCUT2D eigenvalue weighted by Crippen LogP contribution is 2.20. The van der Waals surface area contributed by atoms with E-state index >= 15 is 0 Å². The number of thiocarbonyl (C=S) groups is 1. The van der Waals surface area contributed by atoms with Crippen molar-refractivity contribution in [3.05, 3.63) is 60.9 Å². The molecule has 0 spiro atoms. The van der Waals surface area contributed by atoms with E-state index in [-0.39, 0.29) is 0 Å². The average Bonchev–Trinajstić information content (AvgIpc) is 2.95. The molecule has 2 N–H and O–H groups in total. The number of hydrogen-bond acceptors (Lipinski definition) is 3. The quantitative estimate of drug-likeness (QED) is 0.384. The second-order valence-electron chi connectivity index (χ2n) is 3.94. The van der Waals surface area contributed by atoms with Crippen LogP contribution in [0.2, 0.25) is 0 Å². The molecule has 102 valence electrons. The SMILES string of the molecule is C=CCNC(=S)N/N=C\c1ccc(-c2ccccc2)o1. The summed E-state index contributed by atoms with van der Waals surface area (Å²) in [6.07, 6.45) is 3.30. The predicted molar refractivity (Wildman–Crippen MR) is 85.7 cm³/mol. The molecule has 1 aromatic carbocycles. The van der Waals surface area contributed by atoms with Crippen molar-refractivity contribution in [3.8, 4) is 11.3 Å². The molecule has 2 aromatic rings. The summed E-state index contributed by atoms with van der Waals surface area (Å²) >= 11 is 5.00. The first-order valence-corrected chi connectivity index (χ1v) is 6.53. The van der Waals surface area contributed by atoms with E-state index in [9.17, 15) is 0 Å². The second-order valence-corrected chi connectivity index (χ2v) is 4.34. The summed E-state index contributed by atoms with van der Waals surface area (Å²) in [4.78, 5) is 0. The molecule has 2 rings (SSSR count). The number of nitrogens with one attached hydrogen (secondary N) is 2. The Morgan fingerprint density at radius 2 is 2.05 bits per heavy atom. The highest BCUT2D eigenvalue weighted by atomic mass is 32.1. The van der Waals surface area contributed by atoms with Crippen molar-refractivity contribution < 1.29 is 4.42 Å². The maximum atomic E-state index is 5.66. The third kappa shape index (κ3) is 4.07. The van der Waals surface area contributed by atoms with E-state index in [0.29, 0.717) is 17.4 Å². The smallest absolute Gasteiger partial charge is 0.187 e. The van der Waals surface area contributed by atoms with E-state index in [2.05, 4.69) is 22.4 Å². The summed E-state index contributed by atoms with van der Waals surface area (Å²) in [7, 11) is 0. The van der Waals surface area contributed by atoms with Crippen LogP contribution in [0.4, 0.5) is 0 Å². The normalized spacial score (nSPS) is 10.4. The van der Waals surface area contributed by atoms with Gasteiger partial charge in [0, 0.05) is 12.1 Å². The molecule has 0 bridgehead atoms. The van der Waals surface area contributed by atoms with Crippen molar-refractivity contribution in [3.63, 3.8) is 0 Å². The van der Waals surface area contributed by atoms with E-state index in [1.807, 2.05) is 42.5 Å². The number of nitrogens with zero attached hydrogens (tertiary/aromatic N) is 1. The highest BCUT2D eigenvalue weighted by molar-refractivity contribution is 7.80. The van der Waals surface area contributed by atoms with Gasteiger partial charge in [0.05, 0.1) is 6.21 Å². The van der Waals surface area contributed by atoms with E-state index in [0.717, 1.165) is 11.3 Å². The Balaban J connectivity index is 1.93. The molecule has 0 fully saturated rings. The third-order valence-corrected chi connectivity index (χ3v) is 2.69. The molecule has 5 heteroatoms. The van der Waals surface area contributed by atoms with E-state index in [4.69, 9.17) is 16.6 Å². The van der Waals surface area contributed by atoms with Gasteiger partial charge in [0.1, 0.15) is 11.5 Å². The van der Waals surface area contributed by atoms with Crippen LogP contribution in [0.5, 0.6) is 0 Å². The first kappa shape index (κ1) is 14.0. The maximum Gasteiger partial charge on any atom is 0.187 e. The zero-order valence-electron chi connectivity index (χ0n) is 10.9. The average molecular weight is 285 g/mol. The van der Waals surface area contributed by atoms with Gasteiger partial charge in [-0.15, -0.1) is 6.58 Å². The predicted octanol–water partition coefficient (Wildman–Crippen LogP) is 2.93. The van der Waals surface area contributed by atoms with Crippen LogP contribution in [0, 0.1) is 0 Å². The topological polar surface area (TPSA) is 49.6 Å². The molecule has 0 atom stereocenters. The van der Waals surface area contributed by atoms with Crippen molar-refractivity contribution in [2.45, 2.75) is 0 Å². The summed E-state index contributed by atoms with van der Waals surface area (Å²) in [6.45, 7) is 4.19. The molecule has 0 saturated carbocycles. The van der Waals surface area contributed by atoms with Crippen molar-refractivity contribution in [1.82, 2.24) is 10.7 Å². The lowest BCUT2D eigenvalue weighted by Crippen LogP contribution is -2.31. The van der Waals surface area contributed by atoms with Crippen molar-refractivity contribution in [2.24, 2.45) is 5.10 Å². The lowest BCUT2D eigenvalue weighted by atomic mass is 10.2. The Bertz CT molecular complexity index is 605. The number of hydrazone groups is 1. The Kier molecular flexibility index (Phi) is 5.08. The van der Waals surface area contributed by atoms with Gasteiger partial charge >= 0.3 is 0 Å². The minimum Gasteiger partial charge on any atom is -0.455 e.